The molecule has 0 aliphatic heterocycles. The molecule has 5 rings (SSSR count). The first-order chi connectivity index (χ1) is 15.2. The summed E-state index contributed by atoms with van der Waals surface area (Å²) in [5, 5.41) is 22.2. The van der Waals surface area contributed by atoms with Crippen LogP contribution in [0.4, 0.5) is 0 Å². The van der Waals surface area contributed by atoms with Crippen molar-refractivity contribution in [3.8, 4) is 16.5 Å². The second-order valence-electron chi connectivity index (χ2n) is 6.92. The van der Waals surface area contributed by atoms with E-state index in [4.69, 9.17) is 4.42 Å². The Morgan fingerprint density at radius 1 is 1.03 bits per heavy atom. The van der Waals surface area contributed by atoms with E-state index in [1.165, 1.54) is 23.9 Å². The van der Waals surface area contributed by atoms with Gasteiger partial charge < -0.3 is 9.52 Å². The molecule has 0 bridgehead atoms. The Morgan fingerprint density at radius 3 is 2.71 bits per heavy atom. The van der Waals surface area contributed by atoms with Gasteiger partial charge in [-0.2, -0.15) is 0 Å². The summed E-state index contributed by atoms with van der Waals surface area (Å²) in [6.07, 6.45) is 0. The lowest BCUT2D eigenvalue weighted by molar-refractivity contribution is 0.473. The summed E-state index contributed by atoms with van der Waals surface area (Å²) < 4.78 is 7.34. The summed E-state index contributed by atoms with van der Waals surface area (Å²) in [6, 6.07) is 20.5. The maximum absolute atomic E-state index is 12.0. The largest absolute Gasteiger partial charge is 0.508 e. The SMILES string of the molecule is O=c1cc(CSc2nnc(-c3cccs3)n2Cc2ccccc2)c2ccc(O)cc2o1. The van der Waals surface area contributed by atoms with Crippen molar-refractivity contribution in [1.29, 1.82) is 0 Å². The van der Waals surface area contributed by atoms with Crippen LogP contribution in [0.25, 0.3) is 21.7 Å². The third-order valence-corrected chi connectivity index (χ3v) is 6.69. The fraction of sp³-hybridized carbons (Fsp3) is 0.0870. The van der Waals surface area contributed by atoms with Crippen LogP contribution >= 0.6 is 23.1 Å². The molecule has 154 valence electrons. The molecule has 0 saturated carbocycles. The molecule has 0 radical (unpaired) electrons. The number of aromatic hydroxyl groups is 1. The molecular formula is C23H17N3O3S2. The Hall–Kier alpha value is -3.36. The van der Waals surface area contributed by atoms with E-state index in [9.17, 15) is 9.90 Å². The normalized spacial score (nSPS) is 11.2. The standard InChI is InChI=1S/C23H17N3O3S2/c27-17-8-9-18-16(11-21(28)29-19(18)12-17)14-31-23-25-24-22(20-7-4-10-30-20)26(23)13-15-5-2-1-3-6-15/h1-12,27H,13-14H2. The van der Waals surface area contributed by atoms with Crippen molar-refractivity contribution in [2.75, 3.05) is 0 Å². The van der Waals surface area contributed by atoms with Gasteiger partial charge in [0.15, 0.2) is 11.0 Å². The number of hydrogen-bond acceptors (Lipinski definition) is 7. The molecule has 5 aromatic rings. The van der Waals surface area contributed by atoms with Crippen molar-refractivity contribution in [3.05, 3.63) is 93.7 Å². The monoisotopic (exact) mass is 447 g/mol. The molecule has 0 unspecified atom stereocenters. The zero-order chi connectivity index (χ0) is 21.2. The molecule has 0 atom stereocenters. The van der Waals surface area contributed by atoms with Gasteiger partial charge >= 0.3 is 5.63 Å². The van der Waals surface area contributed by atoms with Crippen molar-refractivity contribution in [3.63, 3.8) is 0 Å². The van der Waals surface area contributed by atoms with E-state index in [1.807, 2.05) is 35.7 Å². The highest BCUT2D eigenvalue weighted by molar-refractivity contribution is 7.98. The van der Waals surface area contributed by atoms with Crippen LogP contribution in [-0.2, 0) is 12.3 Å². The summed E-state index contributed by atoms with van der Waals surface area (Å²) in [5.74, 6) is 1.40. The van der Waals surface area contributed by atoms with Crippen LogP contribution in [-0.4, -0.2) is 19.9 Å². The predicted octanol–water partition coefficient (Wildman–Crippen LogP) is 5.16. The van der Waals surface area contributed by atoms with Crippen LogP contribution in [0.2, 0.25) is 0 Å². The van der Waals surface area contributed by atoms with Crippen LogP contribution in [0.1, 0.15) is 11.1 Å². The van der Waals surface area contributed by atoms with E-state index in [0.29, 0.717) is 17.9 Å². The number of phenolic OH excluding ortho intramolecular Hbond substituents is 1. The van der Waals surface area contributed by atoms with Gasteiger partial charge in [-0.1, -0.05) is 48.2 Å². The Bertz CT molecular complexity index is 1390. The average Bonchev–Trinajstić information content (AvgIpc) is 3.42. The summed E-state index contributed by atoms with van der Waals surface area (Å²) in [5.41, 5.74) is 1.90. The topological polar surface area (TPSA) is 81.2 Å². The number of benzene rings is 2. The van der Waals surface area contributed by atoms with Crippen LogP contribution in [0.15, 0.2) is 86.5 Å². The zero-order valence-electron chi connectivity index (χ0n) is 16.3. The fourth-order valence-corrected chi connectivity index (χ4v) is 5.02. The van der Waals surface area contributed by atoms with Gasteiger partial charge in [-0.25, -0.2) is 4.79 Å². The molecule has 1 N–H and O–H groups in total. The lowest BCUT2D eigenvalue weighted by Crippen LogP contribution is -2.04. The quantitative estimate of drug-likeness (QED) is 0.286. The Labute approximate surface area is 185 Å². The molecule has 2 aromatic carbocycles. The first-order valence-electron chi connectivity index (χ1n) is 9.57. The van der Waals surface area contributed by atoms with Crippen LogP contribution in [0.5, 0.6) is 5.75 Å². The van der Waals surface area contributed by atoms with Gasteiger partial charge in [0.2, 0.25) is 0 Å². The van der Waals surface area contributed by atoms with E-state index in [-0.39, 0.29) is 5.75 Å². The summed E-state index contributed by atoms with van der Waals surface area (Å²) >= 11 is 3.14. The minimum absolute atomic E-state index is 0.0589. The van der Waals surface area contributed by atoms with E-state index in [2.05, 4.69) is 26.9 Å². The van der Waals surface area contributed by atoms with Gasteiger partial charge in [0, 0.05) is 23.3 Å². The third kappa shape index (κ3) is 4.12. The molecule has 0 aliphatic rings. The smallest absolute Gasteiger partial charge is 0.336 e. The Morgan fingerprint density at radius 2 is 1.90 bits per heavy atom. The Balaban J connectivity index is 1.50. The van der Waals surface area contributed by atoms with E-state index in [1.54, 1.807) is 23.5 Å². The molecule has 0 amide bonds. The van der Waals surface area contributed by atoms with Crippen molar-refractivity contribution < 1.29 is 9.52 Å². The molecule has 3 heterocycles. The zero-order valence-corrected chi connectivity index (χ0v) is 17.9. The minimum Gasteiger partial charge on any atom is -0.508 e. The lowest BCUT2D eigenvalue weighted by atomic mass is 10.1. The average molecular weight is 448 g/mol. The van der Waals surface area contributed by atoms with Crippen LogP contribution in [0.3, 0.4) is 0 Å². The van der Waals surface area contributed by atoms with Crippen molar-refractivity contribution >= 4 is 34.1 Å². The second kappa shape index (κ2) is 8.41. The minimum atomic E-state index is -0.446. The number of rotatable bonds is 6. The van der Waals surface area contributed by atoms with Gasteiger partial charge in [0.25, 0.3) is 0 Å². The lowest BCUT2D eigenvalue weighted by Gasteiger charge is -2.10. The van der Waals surface area contributed by atoms with Crippen LogP contribution in [0, 0.1) is 0 Å². The number of aromatic nitrogens is 3. The highest BCUT2D eigenvalue weighted by Gasteiger charge is 2.17. The predicted molar refractivity (Wildman–Crippen MR) is 123 cm³/mol. The molecule has 8 heteroatoms. The molecule has 31 heavy (non-hydrogen) atoms. The van der Waals surface area contributed by atoms with Gasteiger partial charge in [0.05, 0.1) is 11.4 Å². The fourth-order valence-electron chi connectivity index (χ4n) is 3.37. The number of thiophene rings is 1. The van der Waals surface area contributed by atoms with Gasteiger partial charge in [0.1, 0.15) is 11.3 Å². The van der Waals surface area contributed by atoms with Crippen molar-refractivity contribution in [2.24, 2.45) is 0 Å². The van der Waals surface area contributed by atoms with Gasteiger partial charge in [-0.3, -0.25) is 4.57 Å². The molecular weight excluding hydrogens is 430 g/mol. The maximum Gasteiger partial charge on any atom is 0.336 e. The van der Waals surface area contributed by atoms with Gasteiger partial charge in [-0.05, 0) is 34.7 Å². The maximum atomic E-state index is 12.0. The number of fused-ring (bicyclic) bond motifs is 1. The number of phenols is 1. The number of thioether (sulfide) groups is 1. The summed E-state index contributed by atoms with van der Waals surface area (Å²) in [7, 11) is 0. The molecule has 0 saturated heterocycles. The van der Waals surface area contributed by atoms with E-state index < -0.39 is 5.63 Å². The van der Waals surface area contributed by atoms with Crippen molar-refractivity contribution in [2.45, 2.75) is 17.5 Å². The second-order valence-corrected chi connectivity index (χ2v) is 8.81. The summed E-state index contributed by atoms with van der Waals surface area (Å²) in [4.78, 5) is 13.1. The molecule has 0 spiro atoms. The molecule has 0 aliphatic carbocycles. The number of hydrogen-bond donors (Lipinski definition) is 1. The Kier molecular flexibility index (Phi) is 5.31. The molecule has 6 nitrogen and oxygen atoms in total. The van der Waals surface area contributed by atoms with Gasteiger partial charge in [-0.15, -0.1) is 21.5 Å². The highest BCUT2D eigenvalue weighted by Crippen LogP contribution is 2.31. The van der Waals surface area contributed by atoms with E-state index >= 15 is 0 Å². The highest BCUT2D eigenvalue weighted by atomic mass is 32.2. The molecule has 0 fully saturated rings. The molecule has 3 aromatic heterocycles. The number of nitrogens with zero attached hydrogens (tertiary/aromatic N) is 3. The third-order valence-electron chi connectivity index (χ3n) is 4.81. The first kappa shape index (κ1) is 19.6. The van der Waals surface area contributed by atoms with E-state index in [0.717, 1.165) is 32.4 Å². The van der Waals surface area contributed by atoms with Crippen molar-refractivity contribution in [1.82, 2.24) is 14.8 Å². The first-order valence-corrected chi connectivity index (χ1v) is 11.4. The van der Waals surface area contributed by atoms with Crippen LogP contribution < -0.4 is 5.63 Å². The summed E-state index contributed by atoms with van der Waals surface area (Å²) in [6.45, 7) is 0.648.